The first-order valence-corrected chi connectivity index (χ1v) is 8.87. The van der Waals surface area contributed by atoms with Gasteiger partial charge in [-0.3, -0.25) is 9.79 Å². The second kappa shape index (κ2) is 10.2. The highest BCUT2D eigenvalue weighted by Gasteiger charge is 2.16. The Bertz CT molecular complexity index is 773. The molecule has 0 atom stereocenters. The highest BCUT2D eigenvalue weighted by Crippen LogP contribution is 2.40. The average molecular weight is 375 g/mol. The number of nitrogens with one attached hydrogen (secondary N) is 1. The van der Waals surface area contributed by atoms with E-state index in [2.05, 4.69) is 16.9 Å². The van der Waals surface area contributed by atoms with E-state index in [1.54, 1.807) is 30.5 Å². The van der Waals surface area contributed by atoms with Crippen LogP contribution in [0, 0.1) is 0 Å². The van der Waals surface area contributed by atoms with Gasteiger partial charge in [-0.05, 0) is 32.4 Å². The minimum atomic E-state index is -0.970. The van der Waals surface area contributed by atoms with E-state index in [0.29, 0.717) is 5.84 Å². The molecule has 6 nitrogen and oxygen atoms in total. The van der Waals surface area contributed by atoms with Crippen LogP contribution < -0.4 is 16.0 Å². The number of nitrogens with two attached hydrogens (primary N) is 1. The number of carboxylic acid groups (broad SMARTS) is 1. The van der Waals surface area contributed by atoms with E-state index >= 15 is 0 Å². The van der Waals surface area contributed by atoms with Gasteiger partial charge in [0.05, 0.1) is 11.5 Å². The summed E-state index contributed by atoms with van der Waals surface area (Å²) < 4.78 is 0. The Labute approximate surface area is 158 Å². The molecular weight excluding hydrogens is 348 g/mol. The Kier molecular flexibility index (Phi) is 8.37. The Balaban J connectivity index is 3.32. The lowest BCUT2D eigenvalue weighted by molar-refractivity contribution is -0.135. The second-order valence-corrected chi connectivity index (χ2v) is 6.49. The number of carbonyl (C=O) groups is 1. The van der Waals surface area contributed by atoms with E-state index in [9.17, 15) is 4.79 Å². The minimum Gasteiger partial charge on any atom is -0.480 e. The van der Waals surface area contributed by atoms with Crippen LogP contribution in [-0.4, -0.2) is 30.5 Å². The Morgan fingerprint density at radius 1 is 1.50 bits per heavy atom. The summed E-state index contributed by atoms with van der Waals surface area (Å²) in [7, 11) is 1.93. The zero-order chi connectivity index (χ0) is 19.7. The summed E-state index contributed by atoms with van der Waals surface area (Å²) in [6.07, 6.45) is 9.17. The van der Waals surface area contributed by atoms with Gasteiger partial charge < -0.3 is 21.1 Å². The molecule has 0 amide bonds. The Morgan fingerprint density at radius 3 is 2.73 bits per heavy atom. The van der Waals surface area contributed by atoms with Gasteiger partial charge in [-0.15, -0.1) is 11.3 Å². The van der Waals surface area contributed by atoms with E-state index < -0.39 is 5.97 Å². The predicted octanol–water partition coefficient (Wildman–Crippen LogP) is 4.06. The van der Waals surface area contributed by atoms with Crippen molar-refractivity contribution in [1.82, 2.24) is 0 Å². The molecule has 0 radical (unpaired) electrons. The van der Waals surface area contributed by atoms with E-state index in [1.165, 1.54) is 0 Å². The molecule has 0 unspecified atom stereocenters. The zero-order valence-electron chi connectivity index (χ0n) is 15.6. The molecule has 1 aromatic rings. The number of nitrogens with zero attached hydrogens (tertiary/aromatic N) is 2. The number of hydrogen-bond acceptors (Lipinski definition) is 5. The van der Waals surface area contributed by atoms with Gasteiger partial charge in [-0.25, -0.2) is 0 Å². The lowest BCUT2D eigenvalue weighted by Gasteiger charge is -2.19. The average Bonchev–Trinajstić information content (AvgIpc) is 3.02. The van der Waals surface area contributed by atoms with Crippen molar-refractivity contribution in [3.8, 4) is 0 Å². The van der Waals surface area contributed by atoms with Crippen LogP contribution in [0.25, 0.3) is 5.57 Å². The minimum absolute atomic E-state index is 0.273. The number of amidine groups is 1. The summed E-state index contributed by atoms with van der Waals surface area (Å²) >= 11 is 1.60. The van der Waals surface area contributed by atoms with Crippen molar-refractivity contribution >= 4 is 39.4 Å². The number of aliphatic imine (C=N–C) groups is 1. The Morgan fingerprint density at radius 2 is 2.19 bits per heavy atom. The number of hydrogen-bond donors (Lipinski definition) is 3. The number of thiophene rings is 1. The molecule has 7 heteroatoms. The first-order chi connectivity index (χ1) is 12.3. The maximum Gasteiger partial charge on any atom is 0.325 e. The van der Waals surface area contributed by atoms with Gasteiger partial charge in [0.15, 0.2) is 0 Å². The van der Waals surface area contributed by atoms with Gasteiger partial charge in [0.25, 0.3) is 0 Å². The number of rotatable bonds is 8. The molecule has 1 rings (SSSR count). The van der Waals surface area contributed by atoms with Crippen LogP contribution >= 0.6 is 11.3 Å². The standard InChI is InChI=1S/C19H26N4O2S/c1-6-8-9-15(7-2)17-10-16(22-14(4)21-12-18(24)25)19(26-17)23(5)13(3)11-20/h6-11H,1,12,20H2,2-5H3,(H,21,22)(H,24,25)/b9-8-,13-11-,15-7+. The van der Waals surface area contributed by atoms with Crippen LogP contribution in [0.3, 0.4) is 0 Å². The summed E-state index contributed by atoms with van der Waals surface area (Å²) in [5.41, 5.74) is 8.45. The number of anilines is 2. The molecule has 0 spiro atoms. The molecule has 0 saturated heterocycles. The van der Waals surface area contributed by atoms with Crippen molar-refractivity contribution in [2.75, 3.05) is 23.8 Å². The topological polar surface area (TPSA) is 90.9 Å². The summed E-state index contributed by atoms with van der Waals surface area (Å²) in [5.74, 6) is -0.438. The van der Waals surface area contributed by atoms with Gasteiger partial charge in [0, 0.05) is 23.8 Å². The summed E-state index contributed by atoms with van der Waals surface area (Å²) in [5, 5.41) is 12.9. The van der Waals surface area contributed by atoms with Crippen molar-refractivity contribution in [3.63, 3.8) is 0 Å². The van der Waals surface area contributed by atoms with Crippen LogP contribution in [0.1, 0.15) is 25.6 Å². The molecule has 4 N–H and O–H groups in total. The highest BCUT2D eigenvalue weighted by atomic mass is 32.1. The molecule has 0 aliphatic carbocycles. The van der Waals surface area contributed by atoms with Gasteiger partial charge in [-0.2, -0.15) is 0 Å². The van der Waals surface area contributed by atoms with Gasteiger partial charge in [-0.1, -0.05) is 30.9 Å². The number of allylic oxidation sites excluding steroid dienone is 6. The maximum absolute atomic E-state index is 10.7. The molecule has 1 aromatic heterocycles. The molecule has 0 saturated carbocycles. The molecule has 26 heavy (non-hydrogen) atoms. The van der Waals surface area contributed by atoms with Crippen molar-refractivity contribution < 1.29 is 9.90 Å². The zero-order valence-corrected chi connectivity index (χ0v) is 16.4. The molecule has 0 aromatic carbocycles. The first-order valence-electron chi connectivity index (χ1n) is 8.05. The largest absolute Gasteiger partial charge is 0.480 e. The normalized spacial score (nSPS) is 13.2. The van der Waals surface area contributed by atoms with Crippen LogP contribution in [-0.2, 0) is 4.79 Å². The third kappa shape index (κ3) is 5.93. The van der Waals surface area contributed by atoms with E-state index in [0.717, 1.165) is 26.8 Å². The van der Waals surface area contributed by atoms with Crippen LogP contribution in [0.15, 0.2) is 53.8 Å². The number of carboxylic acids is 1. The molecule has 0 aliphatic rings. The van der Waals surface area contributed by atoms with E-state index in [-0.39, 0.29) is 6.54 Å². The first kappa shape index (κ1) is 21.2. The SMILES string of the molecule is C=C/C=C\C(=C/C)c1cc(NC(C)=NCC(=O)O)c(N(C)/C(C)=C\N)s1. The highest BCUT2D eigenvalue weighted by molar-refractivity contribution is 7.18. The van der Waals surface area contributed by atoms with Crippen molar-refractivity contribution in [1.29, 1.82) is 0 Å². The third-order valence-electron chi connectivity index (χ3n) is 3.56. The van der Waals surface area contributed by atoms with Crippen molar-refractivity contribution in [2.24, 2.45) is 10.7 Å². The van der Waals surface area contributed by atoms with Gasteiger partial charge >= 0.3 is 5.97 Å². The van der Waals surface area contributed by atoms with Crippen LogP contribution in [0.4, 0.5) is 10.7 Å². The summed E-state index contributed by atoms with van der Waals surface area (Å²) in [4.78, 5) is 17.8. The fourth-order valence-electron chi connectivity index (χ4n) is 2.05. The summed E-state index contributed by atoms with van der Waals surface area (Å²) in [6.45, 7) is 9.07. The number of aliphatic carboxylic acids is 1. The maximum atomic E-state index is 10.7. The lowest BCUT2D eigenvalue weighted by Crippen LogP contribution is -2.17. The van der Waals surface area contributed by atoms with Crippen molar-refractivity contribution in [3.05, 3.63) is 53.7 Å². The van der Waals surface area contributed by atoms with Crippen LogP contribution in [0.2, 0.25) is 0 Å². The fraction of sp³-hybridized carbons (Fsp3) is 0.263. The van der Waals surface area contributed by atoms with E-state index in [4.69, 9.17) is 10.8 Å². The molecule has 0 aliphatic heterocycles. The predicted molar refractivity (Wildman–Crippen MR) is 113 cm³/mol. The lowest BCUT2D eigenvalue weighted by atomic mass is 10.2. The van der Waals surface area contributed by atoms with Crippen LogP contribution in [0.5, 0.6) is 0 Å². The fourth-order valence-corrected chi connectivity index (χ4v) is 3.24. The molecule has 0 bridgehead atoms. The smallest absolute Gasteiger partial charge is 0.325 e. The Hall–Kier alpha value is -2.80. The second-order valence-electron chi connectivity index (χ2n) is 5.46. The van der Waals surface area contributed by atoms with Gasteiger partial charge in [0.2, 0.25) is 0 Å². The molecule has 0 fully saturated rings. The third-order valence-corrected chi connectivity index (χ3v) is 4.82. The summed E-state index contributed by atoms with van der Waals surface area (Å²) in [6, 6.07) is 2.02. The van der Waals surface area contributed by atoms with Crippen molar-refractivity contribution in [2.45, 2.75) is 20.8 Å². The monoisotopic (exact) mass is 374 g/mol. The molecule has 140 valence electrons. The molecule has 1 heterocycles. The molecular formula is C19H26N4O2S. The van der Waals surface area contributed by atoms with Gasteiger partial charge in [0.1, 0.15) is 11.5 Å². The van der Waals surface area contributed by atoms with E-state index in [1.807, 2.05) is 50.1 Å². The quantitative estimate of drug-likeness (QED) is 0.362.